The summed E-state index contributed by atoms with van der Waals surface area (Å²) in [6.45, 7) is 7.29. The molecule has 0 aliphatic rings. The van der Waals surface area contributed by atoms with E-state index < -0.39 is 0 Å². The highest BCUT2D eigenvalue weighted by Crippen LogP contribution is 2.09. The van der Waals surface area contributed by atoms with Crippen molar-refractivity contribution >= 4 is 17.5 Å². The van der Waals surface area contributed by atoms with Gasteiger partial charge in [-0.2, -0.15) is 0 Å². The van der Waals surface area contributed by atoms with Gasteiger partial charge in [0.05, 0.1) is 0 Å². The highest BCUT2D eigenvalue weighted by molar-refractivity contribution is 6.17. The molecular formula is C12H24ClNO. The zero-order chi connectivity index (χ0) is 11.7. The fraction of sp³-hybridized carbons (Fsp3) is 0.917. The van der Waals surface area contributed by atoms with Gasteiger partial charge in [0, 0.05) is 24.9 Å². The average molecular weight is 234 g/mol. The van der Waals surface area contributed by atoms with Crippen molar-refractivity contribution in [2.24, 2.45) is 0 Å². The van der Waals surface area contributed by atoms with Crippen LogP contribution in [0.2, 0.25) is 0 Å². The zero-order valence-corrected chi connectivity index (χ0v) is 11.0. The third kappa shape index (κ3) is 6.03. The number of unbranched alkanes of at least 4 members (excludes halogenated alkanes) is 1. The summed E-state index contributed by atoms with van der Waals surface area (Å²) in [6, 6.07) is 0.361. The molecule has 0 N–H and O–H groups in total. The lowest BCUT2D eigenvalue weighted by Crippen LogP contribution is -2.38. The molecule has 0 aliphatic heterocycles. The number of alkyl halides is 1. The maximum Gasteiger partial charge on any atom is 0.222 e. The number of halogens is 1. The third-order valence-electron chi connectivity index (χ3n) is 2.72. The van der Waals surface area contributed by atoms with Gasteiger partial charge in [0.1, 0.15) is 0 Å². The van der Waals surface area contributed by atoms with Gasteiger partial charge in [-0.25, -0.2) is 0 Å². The molecule has 0 saturated heterocycles. The van der Waals surface area contributed by atoms with Crippen LogP contribution in [0.1, 0.15) is 52.9 Å². The van der Waals surface area contributed by atoms with Gasteiger partial charge >= 0.3 is 0 Å². The van der Waals surface area contributed by atoms with Crippen LogP contribution in [0.4, 0.5) is 0 Å². The van der Waals surface area contributed by atoms with Crippen LogP contribution in [-0.2, 0) is 4.79 Å². The first-order valence-electron chi connectivity index (χ1n) is 6.02. The highest BCUT2D eigenvalue weighted by Gasteiger charge is 2.17. The van der Waals surface area contributed by atoms with Gasteiger partial charge in [-0.05, 0) is 26.2 Å². The molecule has 2 nitrogen and oxygen atoms in total. The summed E-state index contributed by atoms with van der Waals surface area (Å²) < 4.78 is 0. The third-order valence-corrected chi connectivity index (χ3v) is 2.99. The monoisotopic (exact) mass is 233 g/mol. The molecule has 1 amide bonds. The van der Waals surface area contributed by atoms with Crippen molar-refractivity contribution in [2.75, 3.05) is 12.4 Å². The quantitative estimate of drug-likeness (QED) is 0.589. The molecule has 0 radical (unpaired) electrons. The number of carbonyl (C=O) groups is 1. The summed E-state index contributed by atoms with van der Waals surface area (Å²) in [5.41, 5.74) is 0. The van der Waals surface area contributed by atoms with Crippen LogP contribution in [0.5, 0.6) is 0 Å². The van der Waals surface area contributed by atoms with E-state index in [0.29, 0.717) is 18.3 Å². The Morgan fingerprint density at radius 1 is 1.33 bits per heavy atom. The van der Waals surface area contributed by atoms with E-state index in [9.17, 15) is 4.79 Å². The molecule has 0 heterocycles. The Morgan fingerprint density at radius 3 is 2.47 bits per heavy atom. The van der Waals surface area contributed by atoms with Gasteiger partial charge in [-0.3, -0.25) is 4.79 Å². The van der Waals surface area contributed by atoms with Crippen LogP contribution in [0.25, 0.3) is 0 Å². The number of carbonyl (C=O) groups excluding carboxylic acids is 1. The van der Waals surface area contributed by atoms with Crippen molar-refractivity contribution in [2.45, 2.75) is 58.9 Å². The topological polar surface area (TPSA) is 20.3 Å². The van der Waals surface area contributed by atoms with Crippen LogP contribution in [0, 0.1) is 0 Å². The minimum Gasteiger partial charge on any atom is -0.340 e. The fourth-order valence-electron chi connectivity index (χ4n) is 1.50. The van der Waals surface area contributed by atoms with E-state index >= 15 is 0 Å². The summed E-state index contributed by atoms with van der Waals surface area (Å²) in [7, 11) is 0. The second-order valence-electron chi connectivity index (χ2n) is 3.99. The molecule has 0 aromatic carbocycles. The van der Waals surface area contributed by atoms with Crippen molar-refractivity contribution in [1.82, 2.24) is 4.90 Å². The van der Waals surface area contributed by atoms with Gasteiger partial charge in [0.25, 0.3) is 0 Å². The van der Waals surface area contributed by atoms with E-state index in [1.807, 2.05) is 4.90 Å². The molecule has 0 saturated carbocycles. The second kappa shape index (κ2) is 9.02. The molecule has 0 spiro atoms. The number of nitrogens with zero attached hydrogens (tertiary/aromatic N) is 1. The van der Waals surface area contributed by atoms with E-state index in [4.69, 9.17) is 11.6 Å². The van der Waals surface area contributed by atoms with Gasteiger partial charge in [0.2, 0.25) is 5.91 Å². The number of hydrogen-bond donors (Lipinski definition) is 0. The molecule has 15 heavy (non-hydrogen) atoms. The Bertz CT molecular complexity index is 173. The number of hydrogen-bond acceptors (Lipinski definition) is 1. The Kier molecular flexibility index (Phi) is 8.88. The lowest BCUT2D eigenvalue weighted by Gasteiger charge is -2.28. The standard InChI is InChI=1S/C12H24ClNO/c1-4-6-10-14(11(3)5-2)12(15)8-7-9-13/h11H,4-10H2,1-3H3. The van der Waals surface area contributed by atoms with Gasteiger partial charge in [0.15, 0.2) is 0 Å². The number of amides is 1. The lowest BCUT2D eigenvalue weighted by molar-refractivity contribution is -0.133. The van der Waals surface area contributed by atoms with Gasteiger partial charge in [-0.15, -0.1) is 11.6 Å². The molecule has 1 unspecified atom stereocenters. The predicted octanol–water partition coefficient (Wildman–Crippen LogP) is 3.43. The minimum atomic E-state index is 0.262. The highest BCUT2D eigenvalue weighted by atomic mass is 35.5. The SMILES string of the molecule is CCCCN(C(=O)CCCCl)C(C)CC. The fourth-order valence-corrected chi connectivity index (χ4v) is 1.64. The first-order valence-corrected chi connectivity index (χ1v) is 6.56. The van der Waals surface area contributed by atoms with Crippen LogP contribution in [0.15, 0.2) is 0 Å². The van der Waals surface area contributed by atoms with E-state index in [1.54, 1.807) is 0 Å². The molecular weight excluding hydrogens is 210 g/mol. The Labute approximate surface area is 99.0 Å². The summed E-state index contributed by atoms with van der Waals surface area (Å²) >= 11 is 5.60. The first kappa shape index (κ1) is 14.8. The molecule has 0 aliphatic carbocycles. The molecule has 0 fully saturated rings. The van der Waals surface area contributed by atoms with Crippen molar-refractivity contribution in [3.63, 3.8) is 0 Å². The summed E-state index contributed by atoms with van der Waals surface area (Å²) in [4.78, 5) is 13.9. The first-order chi connectivity index (χ1) is 7.17. The largest absolute Gasteiger partial charge is 0.340 e. The normalized spacial score (nSPS) is 12.5. The van der Waals surface area contributed by atoms with Gasteiger partial charge in [-0.1, -0.05) is 20.3 Å². The number of rotatable bonds is 8. The molecule has 0 bridgehead atoms. The second-order valence-corrected chi connectivity index (χ2v) is 4.37. The maximum atomic E-state index is 11.9. The molecule has 1 atom stereocenters. The van der Waals surface area contributed by atoms with E-state index in [0.717, 1.165) is 32.2 Å². The molecule has 3 heteroatoms. The Balaban J connectivity index is 4.14. The Morgan fingerprint density at radius 2 is 2.00 bits per heavy atom. The van der Waals surface area contributed by atoms with E-state index in [1.165, 1.54) is 0 Å². The lowest BCUT2D eigenvalue weighted by atomic mass is 10.1. The molecule has 90 valence electrons. The van der Waals surface area contributed by atoms with Crippen molar-refractivity contribution in [3.05, 3.63) is 0 Å². The van der Waals surface area contributed by atoms with E-state index in [-0.39, 0.29) is 5.91 Å². The molecule has 0 aromatic heterocycles. The van der Waals surface area contributed by atoms with Crippen LogP contribution in [-0.4, -0.2) is 29.3 Å². The maximum absolute atomic E-state index is 11.9. The smallest absolute Gasteiger partial charge is 0.222 e. The van der Waals surface area contributed by atoms with Crippen molar-refractivity contribution in [1.29, 1.82) is 0 Å². The summed E-state index contributed by atoms with van der Waals surface area (Å²) in [6.07, 6.45) is 4.64. The Hall–Kier alpha value is -0.240. The average Bonchev–Trinajstić information content (AvgIpc) is 2.26. The predicted molar refractivity (Wildman–Crippen MR) is 66.3 cm³/mol. The van der Waals surface area contributed by atoms with Gasteiger partial charge < -0.3 is 4.90 Å². The van der Waals surface area contributed by atoms with Crippen LogP contribution in [0.3, 0.4) is 0 Å². The van der Waals surface area contributed by atoms with Crippen LogP contribution < -0.4 is 0 Å². The molecule has 0 rings (SSSR count). The minimum absolute atomic E-state index is 0.262. The van der Waals surface area contributed by atoms with Crippen molar-refractivity contribution in [3.8, 4) is 0 Å². The summed E-state index contributed by atoms with van der Waals surface area (Å²) in [5.74, 6) is 0.840. The van der Waals surface area contributed by atoms with Crippen molar-refractivity contribution < 1.29 is 4.79 Å². The van der Waals surface area contributed by atoms with E-state index in [2.05, 4.69) is 20.8 Å². The summed E-state index contributed by atoms with van der Waals surface area (Å²) in [5, 5.41) is 0. The molecule has 0 aromatic rings. The zero-order valence-electron chi connectivity index (χ0n) is 10.3. The van der Waals surface area contributed by atoms with Crippen LogP contribution >= 0.6 is 11.6 Å².